The second-order valence-electron chi connectivity index (χ2n) is 17.3. The summed E-state index contributed by atoms with van der Waals surface area (Å²) in [5.41, 5.74) is 0.628. The fourth-order valence-electron chi connectivity index (χ4n) is 8.04. The average Bonchev–Trinajstić information content (AvgIpc) is 3.21. The number of carbonyl (C=O) groups excluding carboxylic acids is 2. The van der Waals surface area contributed by atoms with Gasteiger partial charge in [0.25, 0.3) is 0 Å². The van der Waals surface area contributed by atoms with E-state index in [0.29, 0.717) is 24.3 Å². The zero-order valence-electron chi connectivity index (χ0n) is 37.6. The minimum atomic E-state index is -0.422. The van der Waals surface area contributed by atoms with Gasteiger partial charge in [-0.2, -0.15) is 0 Å². The Balaban J connectivity index is 1.92. The van der Waals surface area contributed by atoms with Crippen LogP contribution in [0.25, 0.3) is 0 Å². The molecule has 4 heteroatoms. The largest absolute Gasteiger partial charge is 0.462 e. The van der Waals surface area contributed by atoms with Gasteiger partial charge in [0.05, 0.1) is 24.3 Å². The number of carbonyl (C=O) groups is 2. The number of unbranched alkanes of at least 4 members (excludes halogenated alkanes) is 38. The fraction of sp³-hybridized carbons (Fsp3) is 0.846. The lowest BCUT2D eigenvalue weighted by atomic mass is 10.0. The zero-order valence-corrected chi connectivity index (χ0v) is 37.6. The maximum atomic E-state index is 12.8. The van der Waals surface area contributed by atoms with E-state index in [4.69, 9.17) is 9.47 Å². The van der Waals surface area contributed by atoms with E-state index in [1.807, 2.05) is 0 Å². The minimum Gasteiger partial charge on any atom is -0.462 e. The first-order valence-electron chi connectivity index (χ1n) is 25.1. The summed E-state index contributed by atoms with van der Waals surface area (Å²) in [6.07, 6.45) is 53.9. The van der Waals surface area contributed by atoms with Crippen molar-refractivity contribution in [1.82, 2.24) is 0 Å². The first-order valence-corrected chi connectivity index (χ1v) is 25.1. The summed E-state index contributed by atoms with van der Waals surface area (Å²) >= 11 is 0. The molecule has 0 bridgehead atoms. The molecule has 0 atom stereocenters. The molecule has 0 radical (unpaired) electrons. The molecule has 1 rings (SSSR count). The molecule has 0 saturated carbocycles. The summed E-state index contributed by atoms with van der Waals surface area (Å²) in [7, 11) is 0. The number of hydrogen-bond donors (Lipinski definition) is 0. The first-order chi connectivity index (χ1) is 27.7. The van der Waals surface area contributed by atoms with Crippen LogP contribution in [0.4, 0.5) is 0 Å². The maximum absolute atomic E-state index is 12.8. The van der Waals surface area contributed by atoms with Gasteiger partial charge in [-0.3, -0.25) is 0 Å². The van der Waals surface area contributed by atoms with E-state index in [1.54, 1.807) is 24.3 Å². The van der Waals surface area contributed by atoms with Gasteiger partial charge >= 0.3 is 11.9 Å². The molecule has 0 aromatic heterocycles. The molecular weight excluding hydrogens is 689 g/mol. The Kier molecular flexibility index (Phi) is 39.8. The van der Waals surface area contributed by atoms with Crippen molar-refractivity contribution >= 4 is 11.9 Å². The predicted molar refractivity (Wildman–Crippen MR) is 243 cm³/mol. The van der Waals surface area contributed by atoms with Gasteiger partial charge in [0.1, 0.15) is 0 Å². The highest BCUT2D eigenvalue weighted by Gasteiger charge is 2.19. The Labute approximate surface area is 349 Å². The molecule has 0 unspecified atom stereocenters. The van der Waals surface area contributed by atoms with E-state index in [0.717, 1.165) is 25.7 Å². The monoisotopic (exact) mass is 783 g/mol. The van der Waals surface area contributed by atoms with Crippen molar-refractivity contribution < 1.29 is 19.1 Å². The van der Waals surface area contributed by atoms with Crippen molar-refractivity contribution in [3.05, 3.63) is 35.4 Å². The number of benzene rings is 1. The Morgan fingerprint density at radius 3 is 0.679 bits per heavy atom. The maximum Gasteiger partial charge on any atom is 0.339 e. The molecule has 326 valence electrons. The van der Waals surface area contributed by atoms with Crippen LogP contribution in [0.2, 0.25) is 0 Å². The van der Waals surface area contributed by atoms with E-state index in [-0.39, 0.29) is 0 Å². The highest BCUT2D eigenvalue weighted by Crippen LogP contribution is 2.18. The lowest BCUT2D eigenvalue weighted by molar-refractivity contribution is 0.0450. The predicted octanol–water partition coefficient (Wildman–Crippen LogP) is 17.6. The van der Waals surface area contributed by atoms with E-state index in [2.05, 4.69) is 13.8 Å². The van der Waals surface area contributed by atoms with Crippen LogP contribution in [0.15, 0.2) is 24.3 Å². The minimum absolute atomic E-state index is 0.314. The first kappa shape index (κ1) is 52.2. The molecule has 0 heterocycles. The molecule has 0 spiro atoms. The second kappa shape index (κ2) is 42.8. The van der Waals surface area contributed by atoms with Gasteiger partial charge < -0.3 is 9.47 Å². The van der Waals surface area contributed by atoms with E-state index in [1.165, 1.54) is 231 Å². The van der Waals surface area contributed by atoms with Gasteiger partial charge in [0, 0.05) is 0 Å². The molecule has 1 aromatic carbocycles. The molecule has 0 aliphatic heterocycles. The van der Waals surface area contributed by atoms with Crippen molar-refractivity contribution in [2.45, 2.75) is 271 Å². The standard InChI is InChI=1S/C52H94O4/c1-3-5-7-9-11-13-15-17-19-21-23-25-27-29-31-33-35-37-39-43-47-55-51(53)49-45-41-42-46-50(49)52(54)56-48-44-40-38-36-34-32-30-28-26-24-22-20-18-16-14-12-10-8-6-4-2/h41-42,45-46H,3-40,43-44,47-48H2,1-2H3. The third kappa shape index (κ3) is 34.2. The van der Waals surface area contributed by atoms with Crippen molar-refractivity contribution in [3.8, 4) is 0 Å². The zero-order chi connectivity index (χ0) is 40.3. The van der Waals surface area contributed by atoms with Gasteiger partial charge in [-0.15, -0.1) is 0 Å². The van der Waals surface area contributed by atoms with Crippen LogP contribution < -0.4 is 0 Å². The molecule has 4 nitrogen and oxygen atoms in total. The highest BCUT2D eigenvalue weighted by molar-refractivity contribution is 6.03. The highest BCUT2D eigenvalue weighted by atomic mass is 16.5. The van der Waals surface area contributed by atoms with Gasteiger partial charge in [0.2, 0.25) is 0 Å². The third-order valence-corrected chi connectivity index (χ3v) is 11.8. The second-order valence-corrected chi connectivity index (χ2v) is 17.3. The van der Waals surface area contributed by atoms with Crippen molar-refractivity contribution in [3.63, 3.8) is 0 Å². The van der Waals surface area contributed by atoms with Crippen LogP contribution in [-0.4, -0.2) is 25.2 Å². The van der Waals surface area contributed by atoms with Crippen LogP contribution in [0, 0.1) is 0 Å². The quantitative estimate of drug-likeness (QED) is 0.0489. The van der Waals surface area contributed by atoms with Gasteiger partial charge in [-0.25, -0.2) is 9.59 Å². The van der Waals surface area contributed by atoms with Gasteiger partial charge in [-0.1, -0.05) is 270 Å². The number of hydrogen-bond acceptors (Lipinski definition) is 4. The van der Waals surface area contributed by atoms with E-state index >= 15 is 0 Å². The molecule has 1 aromatic rings. The molecule has 56 heavy (non-hydrogen) atoms. The topological polar surface area (TPSA) is 52.6 Å². The molecular formula is C52H94O4. The molecule has 0 amide bonds. The number of rotatable bonds is 44. The van der Waals surface area contributed by atoms with Gasteiger partial charge in [-0.05, 0) is 25.0 Å². The van der Waals surface area contributed by atoms with Crippen LogP contribution in [0.3, 0.4) is 0 Å². The normalized spacial score (nSPS) is 11.3. The summed E-state index contributed by atoms with van der Waals surface area (Å²) in [6, 6.07) is 6.91. The van der Waals surface area contributed by atoms with Crippen LogP contribution in [0.5, 0.6) is 0 Å². The van der Waals surface area contributed by atoms with Crippen LogP contribution in [0.1, 0.15) is 291 Å². The number of ether oxygens (including phenoxy) is 2. The molecule has 0 aliphatic carbocycles. The average molecular weight is 783 g/mol. The summed E-state index contributed by atoms with van der Waals surface area (Å²) in [6.45, 7) is 5.39. The van der Waals surface area contributed by atoms with E-state index < -0.39 is 11.9 Å². The molecule has 0 saturated heterocycles. The molecule has 0 N–H and O–H groups in total. The Bertz CT molecular complexity index is 896. The van der Waals surface area contributed by atoms with Crippen molar-refractivity contribution in [2.75, 3.05) is 13.2 Å². The van der Waals surface area contributed by atoms with Crippen LogP contribution in [-0.2, 0) is 9.47 Å². The summed E-state index contributed by atoms with van der Waals surface area (Å²) in [5, 5.41) is 0. The van der Waals surface area contributed by atoms with Crippen LogP contribution >= 0.6 is 0 Å². The smallest absolute Gasteiger partial charge is 0.339 e. The summed E-state index contributed by atoms with van der Waals surface area (Å²) < 4.78 is 11.1. The third-order valence-electron chi connectivity index (χ3n) is 11.8. The van der Waals surface area contributed by atoms with Crippen molar-refractivity contribution in [1.29, 1.82) is 0 Å². The van der Waals surface area contributed by atoms with Gasteiger partial charge in [0.15, 0.2) is 0 Å². The van der Waals surface area contributed by atoms with Crippen molar-refractivity contribution in [2.24, 2.45) is 0 Å². The molecule has 0 aliphatic rings. The number of esters is 2. The fourth-order valence-corrected chi connectivity index (χ4v) is 8.04. The van der Waals surface area contributed by atoms with E-state index in [9.17, 15) is 9.59 Å². The lowest BCUT2D eigenvalue weighted by Gasteiger charge is -2.10. The Morgan fingerprint density at radius 2 is 0.482 bits per heavy atom. The summed E-state index contributed by atoms with van der Waals surface area (Å²) in [4.78, 5) is 25.6. The Hall–Kier alpha value is -1.84. The SMILES string of the molecule is CCCCCCCCCCCCCCCCCCCCCCOC(=O)c1ccccc1C(=O)OCCCCCCCCCCCCCCCCCCCCCC. The summed E-state index contributed by atoms with van der Waals surface area (Å²) in [5.74, 6) is -0.844. The lowest BCUT2D eigenvalue weighted by Crippen LogP contribution is -2.15. The Morgan fingerprint density at radius 1 is 0.304 bits per heavy atom. The molecule has 0 fully saturated rings.